The van der Waals surface area contributed by atoms with E-state index in [0.29, 0.717) is 12.1 Å². The smallest absolute Gasteiger partial charge is 0.234 e. The van der Waals surface area contributed by atoms with E-state index in [2.05, 4.69) is 11.0 Å². The summed E-state index contributed by atoms with van der Waals surface area (Å²) in [5.41, 5.74) is 8.05. The van der Waals surface area contributed by atoms with Gasteiger partial charge in [0.1, 0.15) is 6.07 Å². The van der Waals surface area contributed by atoms with Gasteiger partial charge in [0.05, 0.1) is 17.1 Å². The molecule has 1 unspecified atom stereocenters. The summed E-state index contributed by atoms with van der Waals surface area (Å²) in [6.07, 6.45) is 6.82. The van der Waals surface area contributed by atoms with Crippen LogP contribution in [0.3, 0.4) is 0 Å². The van der Waals surface area contributed by atoms with Crippen molar-refractivity contribution in [3.63, 3.8) is 0 Å². The highest BCUT2D eigenvalue weighted by molar-refractivity contribution is 5.80. The van der Waals surface area contributed by atoms with Gasteiger partial charge in [-0.05, 0) is 31.5 Å². The van der Waals surface area contributed by atoms with Gasteiger partial charge < -0.3 is 10.1 Å². The van der Waals surface area contributed by atoms with Gasteiger partial charge in [-0.15, -0.1) is 0 Å². The first-order valence-electron chi connectivity index (χ1n) is 7.22. The lowest BCUT2D eigenvalue weighted by Gasteiger charge is -2.33. The maximum atomic E-state index is 11.6. The van der Waals surface area contributed by atoms with Crippen LogP contribution in [0.25, 0.3) is 5.52 Å². The lowest BCUT2D eigenvalue weighted by molar-refractivity contribution is -0.124. The Morgan fingerprint density at radius 2 is 2.29 bits per heavy atom. The molecule has 1 atom stereocenters. The standard InChI is InChI=1S/C16H18N4O/c17-9-13-12(10-19-7-3-1-5-14(13)19)11-20-8-4-2-6-15(20)16(18)21/h1,3,5,7,10,15H,2,4,6,8,11H2,(H2,18,21). The van der Waals surface area contributed by atoms with E-state index in [9.17, 15) is 10.1 Å². The molecule has 0 radical (unpaired) electrons. The van der Waals surface area contributed by atoms with Crippen molar-refractivity contribution in [1.82, 2.24) is 9.30 Å². The van der Waals surface area contributed by atoms with Gasteiger partial charge in [-0.25, -0.2) is 0 Å². The summed E-state index contributed by atoms with van der Waals surface area (Å²) in [5, 5.41) is 9.44. The van der Waals surface area contributed by atoms with Crippen LogP contribution in [0.5, 0.6) is 0 Å². The van der Waals surface area contributed by atoms with E-state index in [0.717, 1.165) is 36.9 Å². The van der Waals surface area contributed by atoms with E-state index in [4.69, 9.17) is 5.73 Å². The van der Waals surface area contributed by atoms with Crippen LogP contribution < -0.4 is 5.73 Å². The lowest BCUT2D eigenvalue weighted by Crippen LogP contribution is -2.47. The number of aromatic nitrogens is 1. The normalized spacial score (nSPS) is 19.5. The Hall–Kier alpha value is -2.32. The molecule has 3 rings (SSSR count). The fourth-order valence-electron chi connectivity index (χ4n) is 3.15. The molecule has 3 heterocycles. The van der Waals surface area contributed by atoms with E-state index in [1.54, 1.807) is 0 Å². The van der Waals surface area contributed by atoms with Crippen LogP contribution in [-0.2, 0) is 11.3 Å². The fourth-order valence-corrected chi connectivity index (χ4v) is 3.15. The van der Waals surface area contributed by atoms with Gasteiger partial charge in [-0.3, -0.25) is 9.69 Å². The number of amides is 1. The second kappa shape index (κ2) is 5.58. The average molecular weight is 282 g/mol. The summed E-state index contributed by atoms with van der Waals surface area (Å²) in [6, 6.07) is 7.87. The molecule has 108 valence electrons. The number of fused-ring (bicyclic) bond motifs is 1. The molecule has 5 nitrogen and oxygen atoms in total. The van der Waals surface area contributed by atoms with Crippen molar-refractivity contribution < 1.29 is 4.79 Å². The summed E-state index contributed by atoms with van der Waals surface area (Å²) < 4.78 is 1.96. The molecule has 2 aromatic rings. The molecule has 1 aliphatic rings. The summed E-state index contributed by atoms with van der Waals surface area (Å²) in [7, 11) is 0. The predicted molar refractivity (Wildman–Crippen MR) is 79.4 cm³/mol. The number of nitrogens with zero attached hydrogens (tertiary/aromatic N) is 3. The Morgan fingerprint density at radius 1 is 1.43 bits per heavy atom. The number of nitrogens with two attached hydrogens (primary N) is 1. The molecule has 2 aromatic heterocycles. The van der Waals surface area contributed by atoms with Crippen molar-refractivity contribution in [3.8, 4) is 6.07 Å². The van der Waals surface area contributed by atoms with E-state index in [1.165, 1.54) is 0 Å². The number of carbonyl (C=O) groups excluding carboxylic acids is 1. The van der Waals surface area contributed by atoms with Crippen molar-refractivity contribution in [1.29, 1.82) is 5.26 Å². The molecule has 2 N–H and O–H groups in total. The summed E-state index contributed by atoms with van der Waals surface area (Å²) in [5.74, 6) is -0.267. The topological polar surface area (TPSA) is 74.5 Å². The highest BCUT2D eigenvalue weighted by atomic mass is 16.1. The molecule has 0 aliphatic carbocycles. The Labute approximate surface area is 123 Å². The summed E-state index contributed by atoms with van der Waals surface area (Å²) in [6.45, 7) is 1.45. The predicted octanol–water partition coefficient (Wildman–Crippen LogP) is 1.65. The van der Waals surface area contributed by atoms with Crippen LogP contribution in [0.2, 0.25) is 0 Å². The number of likely N-dealkylation sites (tertiary alicyclic amines) is 1. The van der Waals surface area contributed by atoms with Crippen LogP contribution in [0.1, 0.15) is 30.4 Å². The quantitative estimate of drug-likeness (QED) is 0.930. The van der Waals surface area contributed by atoms with Gasteiger partial charge in [-0.1, -0.05) is 12.5 Å². The molecule has 1 fully saturated rings. The monoisotopic (exact) mass is 282 g/mol. The first kappa shape index (κ1) is 13.7. The van der Waals surface area contributed by atoms with Crippen molar-refractivity contribution in [2.24, 2.45) is 5.73 Å². The Kier molecular flexibility index (Phi) is 3.63. The van der Waals surface area contributed by atoms with Crippen molar-refractivity contribution in [2.45, 2.75) is 31.8 Å². The van der Waals surface area contributed by atoms with Crippen LogP contribution in [0.15, 0.2) is 30.6 Å². The van der Waals surface area contributed by atoms with Gasteiger partial charge in [0, 0.05) is 24.5 Å². The number of pyridine rings is 1. The molecular weight excluding hydrogens is 264 g/mol. The second-order valence-electron chi connectivity index (χ2n) is 5.52. The number of piperidine rings is 1. The highest BCUT2D eigenvalue weighted by Gasteiger charge is 2.27. The Morgan fingerprint density at radius 3 is 3.05 bits per heavy atom. The summed E-state index contributed by atoms with van der Waals surface area (Å²) >= 11 is 0. The Bertz CT molecular complexity index is 713. The number of rotatable bonds is 3. The minimum Gasteiger partial charge on any atom is -0.368 e. The van der Waals surface area contributed by atoms with E-state index >= 15 is 0 Å². The van der Waals surface area contributed by atoms with Gasteiger partial charge in [0.2, 0.25) is 5.91 Å². The zero-order valence-corrected chi connectivity index (χ0v) is 11.8. The molecule has 0 aromatic carbocycles. The maximum Gasteiger partial charge on any atom is 0.234 e. The molecule has 1 saturated heterocycles. The number of nitriles is 1. The number of hydrogen-bond donors (Lipinski definition) is 1. The van der Waals surface area contributed by atoms with E-state index < -0.39 is 0 Å². The first-order chi connectivity index (χ1) is 10.2. The minimum absolute atomic E-state index is 0.215. The van der Waals surface area contributed by atoms with E-state index in [1.807, 2.05) is 35.0 Å². The van der Waals surface area contributed by atoms with Gasteiger partial charge in [-0.2, -0.15) is 5.26 Å². The fraction of sp³-hybridized carbons (Fsp3) is 0.375. The van der Waals surface area contributed by atoms with Gasteiger partial charge in [0.15, 0.2) is 0 Å². The first-order valence-corrected chi connectivity index (χ1v) is 7.22. The SMILES string of the molecule is N#Cc1c(CN2CCCCC2C(N)=O)cn2ccccc12. The number of carbonyl (C=O) groups is 1. The molecular formula is C16H18N4O. The molecule has 5 heteroatoms. The van der Waals surface area contributed by atoms with Crippen LogP contribution in [0, 0.1) is 11.3 Å². The van der Waals surface area contributed by atoms with Crippen molar-refractivity contribution in [3.05, 3.63) is 41.7 Å². The zero-order chi connectivity index (χ0) is 14.8. The third-order valence-corrected chi connectivity index (χ3v) is 4.19. The third kappa shape index (κ3) is 2.50. The molecule has 1 amide bonds. The summed E-state index contributed by atoms with van der Waals surface area (Å²) in [4.78, 5) is 13.7. The van der Waals surface area contributed by atoms with Crippen LogP contribution in [0.4, 0.5) is 0 Å². The molecule has 21 heavy (non-hydrogen) atoms. The van der Waals surface area contributed by atoms with Crippen molar-refractivity contribution >= 4 is 11.4 Å². The average Bonchev–Trinajstić information content (AvgIpc) is 2.84. The molecule has 0 spiro atoms. The van der Waals surface area contributed by atoms with Crippen molar-refractivity contribution in [2.75, 3.05) is 6.54 Å². The number of primary amides is 1. The van der Waals surface area contributed by atoms with E-state index in [-0.39, 0.29) is 11.9 Å². The largest absolute Gasteiger partial charge is 0.368 e. The molecule has 0 bridgehead atoms. The molecule has 1 aliphatic heterocycles. The zero-order valence-electron chi connectivity index (χ0n) is 11.8. The third-order valence-electron chi connectivity index (χ3n) is 4.19. The second-order valence-corrected chi connectivity index (χ2v) is 5.52. The number of hydrogen-bond acceptors (Lipinski definition) is 3. The highest BCUT2D eigenvalue weighted by Crippen LogP contribution is 2.24. The Balaban J connectivity index is 1.94. The maximum absolute atomic E-state index is 11.6. The van der Waals surface area contributed by atoms with Gasteiger partial charge >= 0.3 is 0 Å². The van der Waals surface area contributed by atoms with Crippen LogP contribution in [-0.4, -0.2) is 27.8 Å². The van der Waals surface area contributed by atoms with Crippen LogP contribution >= 0.6 is 0 Å². The molecule has 0 saturated carbocycles. The lowest BCUT2D eigenvalue weighted by atomic mass is 10.0. The minimum atomic E-state index is -0.267. The van der Waals surface area contributed by atoms with Gasteiger partial charge in [0.25, 0.3) is 0 Å².